The van der Waals surface area contributed by atoms with Crippen molar-refractivity contribution in [3.8, 4) is 0 Å². The molecule has 0 aliphatic carbocycles. The van der Waals surface area contributed by atoms with E-state index in [4.69, 9.17) is 0 Å². The molecule has 2 heteroatoms. The molecule has 2 rings (SSSR count). The molecule has 0 amide bonds. The fourth-order valence-corrected chi connectivity index (χ4v) is 2.73. The Kier molecular flexibility index (Phi) is 3.41. The number of benzene rings is 1. The van der Waals surface area contributed by atoms with Crippen molar-refractivity contribution in [2.45, 2.75) is 40.2 Å². The monoisotopic (exact) mass is 246 g/mol. The summed E-state index contributed by atoms with van der Waals surface area (Å²) in [7, 11) is 0. The summed E-state index contributed by atoms with van der Waals surface area (Å²) in [6.45, 7) is 14.7. The van der Waals surface area contributed by atoms with Gasteiger partial charge in [0.05, 0.1) is 0 Å². The molecule has 0 saturated carbocycles. The van der Waals surface area contributed by atoms with Crippen LogP contribution in [0.4, 0.5) is 5.69 Å². The van der Waals surface area contributed by atoms with E-state index in [1.165, 1.54) is 11.3 Å². The van der Waals surface area contributed by atoms with E-state index >= 15 is 0 Å². The molecule has 1 saturated heterocycles. The normalized spacial score (nSPS) is 22.6. The Morgan fingerprint density at radius 1 is 1.06 bits per heavy atom. The van der Waals surface area contributed by atoms with Crippen LogP contribution in [0.1, 0.15) is 33.3 Å². The largest absolute Gasteiger partial charge is 0.369 e. The lowest BCUT2D eigenvalue weighted by Gasteiger charge is -2.33. The van der Waals surface area contributed by atoms with E-state index in [0.717, 1.165) is 19.6 Å². The molecule has 0 unspecified atom stereocenters. The molecule has 1 aliphatic heterocycles. The van der Waals surface area contributed by atoms with Crippen LogP contribution < -0.4 is 10.2 Å². The number of aryl methyl sites for hydroxylation is 1. The molecule has 100 valence electrons. The van der Waals surface area contributed by atoms with E-state index in [2.05, 4.69) is 69.1 Å². The second-order valence-electron chi connectivity index (χ2n) is 7.04. The van der Waals surface area contributed by atoms with Crippen LogP contribution in [0.2, 0.25) is 0 Å². The van der Waals surface area contributed by atoms with E-state index < -0.39 is 0 Å². The summed E-state index contributed by atoms with van der Waals surface area (Å²) in [4.78, 5) is 2.54. The smallest absolute Gasteiger partial charge is 0.0396 e. The summed E-state index contributed by atoms with van der Waals surface area (Å²) in [6.07, 6.45) is 0. The van der Waals surface area contributed by atoms with Gasteiger partial charge in [0.2, 0.25) is 0 Å². The van der Waals surface area contributed by atoms with Gasteiger partial charge in [-0.15, -0.1) is 0 Å². The molecule has 1 heterocycles. The topological polar surface area (TPSA) is 15.3 Å². The second-order valence-corrected chi connectivity index (χ2v) is 7.04. The summed E-state index contributed by atoms with van der Waals surface area (Å²) in [5.41, 5.74) is 3.21. The molecular weight excluding hydrogens is 220 g/mol. The first kappa shape index (κ1) is 13.4. The minimum absolute atomic E-state index is 0.163. The lowest BCUT2D eigenvalue weighted by Crippen LogP contribution is -2.46. The molecule has 0 aromatic heterocycles. The van der Waals surface area contributed by atoms with Crippen molar-refractivity contribution < 1.29 is 0 Å². The van der Waals surface area contributed by atoms with Crippen LogP contribution in [0.25, 0.3) is 0 Å². The van der Waals surface area contributed by atoms with Gasteiger partial charge in [-0.05, 0) is 37.8 Å². The van der Waals surface area contributed by atoms with Gasteiger partial charge in [0.1, 0.15) is 0 Å². The maximum atomic E-state index is 3.69. The Bertz CT molecular complexity index is 403. The Labute approximate surface area is 111 Å². The number of para-hydroxylation sites is 1. The summed E-state index contributed by atoms with van der Waals surface area (Å²) in [6, 6.07) is 8.70. The summed E-state index contributed by atoms with van der Waals surface area (Å²) in [5.74, 6) is 0. The van der Waals surface area contributed by atoms with E-state index in [9.17, 15) is 0 Å². The number of hydrogen-bond donors (Lipinski definition) is 1. The molecule has 1 aromatic rings. The third-order valence-corrected chi connectivity index (χ3v) is 3.71. The predicted octanol–water partition coefficient (Wildman–Crippen LogP) is 3.21. The predicted molar refractivity (Wildman–Crippen MR) is 79.3 cm³/mol. The Balaban J connectivity index is 2.33. The van der Waals surface area contributed by atoms with Crippen LogP contribution in [-0.4, -0.2) is 25.2 Å². The molecule has 0 atom stereocenters. The van der Waals surface area contributed by atoms with Crippen LogP contribution in [0.5, 0.6) is 0 Å². The van der Waals surface area contributed by atoms with Crippen molar-refractivity contribution >= 4 is 5.69 Å². The van der Waals surface area contributed by atoms with Gasteiger partial charge in [-0.1, -0.05) is 32.0 Å². The van der Waals surface area contributed by atoms with Crippen molar-refractivity contribution in [3.63, 3.8) is 0 Å². The number of nitrogens with zero attached hydrogens (tertiary/aromatic N) is 1. The number of rotatable bonds is 1. The summed E-state index contributed by atoms with van der Waals surface area (Å²) >= 11 is 0. The van der Waals surface area contributed by atoms with Gasteiger partial charge in [0.15, 0.2) is 0 Å². The number of hydrogen-bond acceptors (Lipinski definition) is 2. The van der Waals surface area contributed by atoms with Gasteiger partial charge in [-0.3, -0.25) is 0 Å². The van der Waals surface area contributed by atoms with Crippen molar-refractivity contribution in [3.05, 3.63) is 29.8 Å². The second kappa shape index (κ2) is 4.58. The van der Waals surface area contributed by atoms with Crippen molar-refractivity contribution in [2.24, 2.45) is 5.41 Å². The van der Waals surface area contributed by atoms with Gasteiger partial charge in [-0.25, -0.2) is 0 Å². The molecule has 2 nitrogen and oxygen atoms in total. The Hall–Kier alpha value is -1.02. The van der Waals surface area contributed by atoms with E-state index in [1.807, 2.05) is 0 Å². The first-order chi connectivity index (χ1) is 8.29. The highest BCUT2D eigenvalue weighted by Gasteiger charge is 2.32. The molecule has 1 fully saturated rings. The fraction of sp³-hybridized carbons (Fsp3) is 0.625. The first-order valence-electron chi connectivity index (χ1n) is 6.85. The van der Waals surface area contributed by atoms with E-state index in [0.29, 0.717) is 5.41 Å². The Morgan fingerprint density at radius 2 is 1.72 bits per heavy atom. The molecule has 0 bridgehead atoms. The standard InChI is InChI=1S/C16H26N2/c1-13-8-6-7-9-14(13)18-11-15(2,3)10-17-16(4,5)12-18/h6-9,17H,10-12H2,1-5H3. The Morgan fingerprint density at radius 3 is 2.39 bits per heavy atom. The van der Waals surface area contributed by atoms with Crippen LogP contribution in [0.3, 0.4) is 0 Å². The van der Waals surface area contributed by atoms with E-state index in [1.54, 1.807) is 0 Å². The van der Waals surface area contributed by atoms with Crippen LogP contribution in [0.15, 0.2) is 24.3 Å². The third-order valence-electron chi connectivity index (χ3n) is 3.71. The lowest BCUT2D eigenvalue weighted by atomic mass is 9.93. The SMILES string of the molecule is Cc1ccccc1N1CC(C)(C)CNC(C)(C)C1. The molecule has 1 aliphatic rings. The van der Waals surface area contributed by atoms with Gasteiger partial charge in [0.25, 0.3) is 0 Å². The quantitative estimate of drug-likeness (QED) is 0.818. The van der Waals surface area contributed by atoms with Crippen LogP contribution >= 0.6 is 0 Å². The van der Waals surface area contributed by atoms with Crippen LogP contribution in [-0.2, 0) is 0 Å². The minimum Gasteiger partial charge on any atom is -0.369 e. The molecule has 0 spiro atoms. The fourth-order valence-electron chi connectivity index (χ4n) is 2.73. The zero-order chi connectivity index (χ0) is 13.4. The summed E-state index contributed by atoms with van der Waals surface area (Å²) in [5, 5.41) is 3.69. The van der Waals surface area contributed by atoms with Crippen molar-refractivity contribution in [2.75, 3.05) is 24.5 Å². The highest BCUT2D eigenvalue weighted by molar-refractivity contribution is 5.53. The van der Waals surface area contributed by atoms with Gasteiger partial charge >= 0.3 is 0 Å². The highest BCUT2D eigenvalue weighted by atomic mass is 15.2. The van der Waals surface area contributed by atoms with Crippen molar-refractivity contribution in [1.82, 2.24) is 5.32 Å². The molecule has 1 N–H and O–H groups in total. The maximum Gasteiger partial charge on any atom is 0.0396 e. The van der Waals surface area contributed by atoms with Gasteiger partial charge in [-0.2, -0.15) is 0 Å². The molecule has 18 heavy (non-hydrogen) atoms. The number of anilines is 1. The maximum absolute atomic E-state index is 3.69. The summed E-state index contributed by atoms with van der Waals surface area (Å²) < 4.78 is 0. The molecular formula is C16H26N2. The number of nitrogens with one attached hydrogen (secondary N) is 1. The lowest BCUT2D eigenvalue weighted by molar-refractivity contribution is 0.332. The zero-order valence-corrected chi connectivity index (χ0v) is 12.4. The van der Waals surface area contributed by atoms with Crippen molar-refractivity contribution in [1.29, 1.82) is 0 Å². The van der Waals surface area contributed by atoms with Gasteiger partial charge < -0.3 is 10.2 Å². The first-order valence-corrected chi connectivity index (χ1v) is 6.85. The molecule has 1 aromatic carbocycles. The third kappa shape index (κ3) is 3.05. The minimum atomic E-state index is 0.163. The zero-order valence-electron chi connectivity index (χ0n) is 12.4. The average molecular weight is 246 g/mol. The molecule has 0 radical (unpaired) electrons. The van der Waals surface area contributed by atoms with Crippen LogP contribution in [0, 0.1) is 12.3 Å². The average Bonchev–Trinajstić information content (AvgIpc) is 2.36. The highest BCUT2D eigenvalue weighted by Crippen LogP contribution is 2.29. The van der Waals surface area contributed by atoms with E-state index in [-0.39, 0.29) is 5.54 Å². The van der Waals surface area contributed by atoms with Gasteiger partial charge in [0, 0.05) is 30.9 Å².